The third-order valence-corrected chi connectivity index (χ3v) is 7.15. The molecule has 12 nitrogen and oxygen atoms in total. The molecule has 0 fully saturated rings. The molecule has 254 valence electrons. The Morgan fingerprint density at radius 2 is 1.58 bits per heavy atom. The first-order chi connectivity index (χ1) is 22.8. The zero-order chi connectivity index (χ0) is 34.9. The Balaban J connectivity index is 1.53. The number of carbonyl (C=O) groups is 4. The van der Waals surface area contributed by atoms with Gasteiger partial charge >= 0.3 is 12.1 Å². The maximum Gasteiger partial charge on any atom is 0.408 e. The molecular formula is C36H43N5O7. The summed E-state index contributed by atoms with van der Waals surface area (Å²) >= 11 is 0. The SMILES string of the molecule is CCOC(=O)C(c1ccc2ccccc2c1)n1cnc(NC(=O)C(COCc2ccccc2)NC(=O)C(C)(C)NC(=O)OC(C)(C)C)c1. The Hall–Kier alpha value is -5.23. The van der Waals surface area contributed by atoms with Crippen molar-refractivity contribution in [3.63, 3.8) is 0 Å². The second-order valence-electron chi connectivity index (χ2n) is 12.7. The summed E-state index contributed by atoms with van der Waals surface area (Å²) in [5.74, 6) is -1.60. The number of amides is 3. The van der Waals surface area contributed by atoms with Crippen LogP contribution in [0.3, 0.4) is 0 Å². The third kappa shape index (κ3) is 9.88. The van der Waals surface area contributed by atoms with Crippen molar-refractivity contribution in [1.29, 1.82) is 0 Å². The molecule has 4 rings (SSSR count). The Morgan fingerprint density at radius 1 is 0.896 bits per heavy atom. The normalized spacial score (nSPS) is 12.9. The van der Waals surface area contributed by atoms with Crippen molar-refractivity contribution in [2.75, 3.05) is 18.5 Å². The van der Waals surface area contributed by atoms with Gasteiger partial charge in [-0.05, 0) is 69.5 Å². The molecule has 12 heteroatoms. The summed E-state index contributed by atoms with van der Waals surface area (Å²) in [5, 5.41) is 9.93. The summed E-state index contributed by atoms with van der Waals surface area (Å²) < 4.78 is 18.1. The van der Waals surface area contributed by atoms with E-state index < -0.39 is 47.1 Å². The fourth-order valence-electron chi connectivity index (χ4n) is 4.79. The zero-order valence-corrected chi connectivity index (χ0v) is 28.1. The molecule has 0 saturated carbocycles. The molecule has 0 aliphatic carbocycles. The molecule has 1 heterocycles. The van der Waals surface area contributed by atoms with Crippen LogP contribution in [0.1, 0.15) is 58.7 Å². The molecule has 3 aromatic carbocycles. The van der Waals surface area contributed by atoms with Crippen molar-refractivity contribution in [1.82, 2.24) is 20.2 Å². The van der Waals surface area contributed by atoms with Gasteiger partial charge in [-0.25, -0.2) is 14.6 Å². The van der Waals surface area contributed by atoms with Gasteiger partial charge in [-0.2, -0.15) is 0 Å². The molecular weight excluding hydrogens is 614 g/mol. The van der Waals surface area contributed by atoms with Gasteiger partial charge in [0.2, 0.25) is 5.91 Å². The second-order valence-corrected chi connectivity index (χ2v) is 12.7. The summed E-state index contributed by atoms with van der Waals surface area (Å²) in [7, 11) is 0. The lowest BCUT2D eigenvalue weighted by Gasteiger charge is -2.29. The summed E-state index contributed by atoms with van der Waals surface area (Å²) in [6.45, 7) is 10.1. The van der Waals surface area contributed by atoms with Gasteiger partial charge in [0.15, 0.2) is 11.9 Å². The van der Waals surface area contributed by atoms with Gasteiger partial charge in [-0.3, -0.25) is 9.59 Å². The number of alkyl carbamates (subject to hydrolysis) is 1. The molecule has 2 unspecified atom stereocenters. The lowest BCUT2D eigenvalue weighted by atomic mass is 10.0. The number of anilines is 1. The van der Waals surface area contributed by atoms with Crippen LogP contribution in [0.5, 0.6) is 0 Å². The number of rotatable bonds is 13. The number of fused-ring (bicyclic) bond motifs is 1. The number of carbonyl (C=O) groups excluding carboxylic acids is 4. The van der Waals surface area contributed by atoms with Crippen molar-refractivity contribution >= 4 is 40.5 Å². The number of esters is 1. The topological polar surface area (TPSA) is 150 Å². The number of hydrogen-bond donors (Lipinski definition) is 3. The van der Waals surface area contributed by atoms with E-state index in [9.17, 15) is 19.2 Å². The highest BCUT2D eigenvalue weighted by Crippen LogP contribution is 2.26. The Bertz CT molecular complexity index is 1730. The van der Waals surface area contributed by atoms with Crippen molar-refractivity contribution in [3.05, 3.63) is 96.4 Å². The Kier molecular flexibility index (Phi) is 11.6. The highest BCUT2D eigenvalue weighted by Gasteiger charge is 2.35. The Labute approximate surface area is 280 Å². The minimum Gasteiger partial charge on any atom is -0.464 e. The summed E-state index contributed by atoms with van der Waals surface area (Å²) in [5.41, 5.74) is -0.642. The molecule has 2 atom stereocenters. The lowest BCUT2D eigenvalue weighted by molar-refractivity contribution is -0.145. The molecule has 0 aliphatic heterocycles. The highest BCUT2D eigenvalue weighted by atomic mass is 16.6. The molecule has 0 radical (unpaired) electrons. The van der Waals surface area contributed by atoms with Gasteiger partial charge in [0, 0.05) is 6.20 Å². The number of hydrogen-bond acceptors (Lipinski definition) is 8. The average Bonchev–Trinajstić information content (AvgIpc) is 3.47. The largest absolute Gasteiger partial charge is 0.464 e. The predicted molar refractivity (Wildman–Crippen MR) is 181 cm³/mol. The van der Waals surface area contributed by atoms with Crippen molar-refractivity contribution in [2.24, 2.45) is 0 Å². The van der Waals surface area contributed by atoms with Gasteiger partial charge in [-0.15, -0.1) is 0 Å². The summed E-state index contributed by atoms with van der Waals surface area (Å²) in [6.07, 6.45) is 2.17. The molecule has 4 aromatic rings. The minimum atomic E-state index is -1.44. The van der Waals surface area contributed by atoms with Crippen LogP contribution >= 0.6 is 0 Å². The van der Waals surface area contributed by atoms with Crippen LogP contribution in [0, 0.1) is 0 Å². The maximum absolute atomic E-state index is 13.6. The molecule has 48 heavy (non-hydrogen) atoms. The fourth-order valence-corrected chi connectivity index (χ4v) is 4.79. The molecule has 0 bridgehead atoms. The number of aromatic nitrogens is 2. The van der Waals surface area contributed by atoms with E-state index in [1.54, 1.807) is 32.3 Å². The van der Waals surface area contributed by atoms with E-state index in [1.807, 2.05) is 72.8 Å². The first-order valence-electron chi connectivity index (χ1n) is 15.7. The van der Waals surface area contributed by atoms with Crippen molar-refractivity contribution in [3.8, 4) is 0 Å². The van der Waals surface area contributed by atoms with E-state index in [1.165, 1.54) is 26.4 Å². The van der Waals surface area contributed by atoms with Crippen molar-refractivity contribution < 1.29 is 33.4 Å². The number of nitrogens with zero attached hydrogens (tertiary/aromatic N) is 2. The highest BCUT2D eigenvalue weighted by molar-refractivity contribution is 5.98. The van der Waals surface area contributed by atoms with Crippen LogP contribution in [-0.2, 0) is 35.2 Å². The fraction of sp³-hybridized carbons (Fsp3) is 0.361. The van der Waals surface area contributed by atoms with Gasteiger partial charge in [-0.1, -0.05) is 66.7 Å². The van der Waals surface area contributed by atoms with Gasteiger partial charge in [0.25, 0.3) is 5.91 Å². The smallest absolute Gasteiger partial charge is 0.408 e. The molecule has 0 aliphatic rings. The van der Waals surface area contributed by atoms with E-state index >= 15 is 0 Å². The minimum absolute atomic E-state index is 0.142. The molecule has 0 spiro atoms. The monoisotopic (exact) mass is 657 g/mol. The molecule has 0 saturated heterocycles. The maximum atomic E-state index is 13.6. The summed E-state index contributed by atoms with van der Waals surface area (Å²) in [4.78, 5) is 56.9. The first kappa shape index (κ1) is 35.6. The summed E-state index contributed by atoms with van der Waals surface area (Å²) in [6, 6.07) is 20.8. The van der Waals surface area contributed by atoms with Crippen LogP contribution < -0.4 is 16.0 Å². The molecule has 1 aromatic heterocycles. The van der Waals surface area contributed by atoms with Crippen LogP contribution in [0.2, 0.25) is 0 Å². The quantitative estimate of drug-likeness (QED) is 0.168. The Morgan fingerprint density at radius 3 is 2.27 bits per heavy atom. The number of ether oxygens (including phenoxy) is 3. The van der Waals surface area contributed by atoms with Gasteiger partial charge in [0.05, 0.1) is 26.1 Å². The third-order valence-electron chi connectivity index (χ3n) is 7.15. The van der Waals surface area contributed by atoms with Gasteiger partial charge in [0.1, 0.15) is 17.2 Å². The molecule has 3 amide bonds. The van der Waals surface area contributed by atoms with Crippen LogP contribution in [0.4, 0.5) is 10.6 Å². The van der Waals surface area contributed by atoms with Crippen molar-refractivity contribution in [2.45, 2.75) is 71.4 Å². The second kappa shape index (κ2) is 15.6. The number of nitrogens with one attached hydrogen (secondary N) is 3. The van der Waals surface area contributed by atoms with E-state index in [0.717, 1.165) is 16.3 Å². The number of benzene rings is 3. The van der Waals surface area contributed by atoms with Gasteiger partial charge < -0.3 is 34.7 Å². The number of imidazole rings is 1. The van der Waals surface area contributed by atoms with E-state index in [2.05, 4.69) is 20.9 Å². The van der Waals surface area contributed by atoms with E-state index in [4.69, 9.17) is 14.2 Å². The van der Waals surface area contributed by atoms with E-state index in [0.29, 0.717) is 5.56 Å². The van der Waals surface area contributed by atoms with Crippen LogP contribution in [0.15, 0.2) is 85.3 Å². The zero-order valence-electron chi connectivity index (χ0n) is 28.1. The first-order valence-corrected chi connectivity index (χ1v) is 15.7. The van der Waals surface area contributed by atoms with Crippen LogP contribution in [0.25, 0.3) is 10.8 Å². The molecule has 3 N–H and O–H groups in total. The lowest BCUT2D eigenvalue weighted by Crippen LogP contribution is -2.59. The standard InChI is InChI=1S/C36H43N5O7/c1-7-47-32(43)30(27-18-17-25-15-11-12-16-26(25)19-27)41-20-29(37-23-41)39-31(42)28(22-46-21-24-13-9-8-10-14-24)38-33(44)36(5,6)40-34(45)48-35(2,3)4/h8-20,23,28,30H,7,21-22H2,1-6H3,(H,38,44)(H,39,42)(H,40,45). The predicted octanol–water partition coefficient (Wildman–Crippen LogP) is 5.13. The van der Waals surface area contributed by atoms with Crippen LogP contribution in [-0.4, -0.2) is 63.8 Å². The average molecular weight is 658 g/mol. The van der Waals surface area contributed by atoms with E-state index in [-0.39, 0.29) is 25.6 Å².